The van der Waals surface area contributed by atoms with Crippen molar-refractivity contribution in [1.29, 1.82) is 0 Å². The van der Waals surface area contributed by atoms with Gasteiger partial charge in [0.1, 0.15) is 11.6 Å². The number of hydrogen-bond acceptors (Lipinski definition) is 6. The predicted molar refractivity (Wildman–Crippen MR) is 246 cm³/mol. The first-order valence-corrected chi connectivity index (χ1v) is 20.0. The summed E-state index contributed by atoms with van der Waals surface area (Å²) in [6, 6.07) is 75.2. The van der Waals surface area contributed by atoms with Gasteiger partial charge in [-0.05, 0) is 107 Å². The maximum absolute atomic E-state index is 5.23. The number of pyridine rings is 2. The van der Waals surface area contributed by atoms with Crippen LogP contribution in [0.15, 0.2) is 231 Å². The molecule has 60 heavy (non-hydrogen) atoms. The van der Waals surface area contributed by atoms with E-state index >= 15 is 0 Å². The van der Waals surface area contributed by atoms with Gasteiger partial charge in [-0.3, -0.25) is 9.80 Å². The van der Waals surface area contributed by atoms with Crippen molar-refractivity contribution in [2.75, 3.05) is 9.80 Å². The van der Waals surface area contributed by atoms with Gasteiger partial charge < -0.3 is 0 Å². The van der Waals surface area contributed by atoms with Crippen molar-refractivity contribution in [1.82, 2.24) is 19.9 Å². The lowest BCUT2D eigenvalue weighted by atomic mass is 10.0. The number of hydrogen-bond donors (Lipinski definition) is 0. The zero-order chi connectivity index (χ0) is 40.1. The summed E-state index contributed by atoms with van der Waals surface area (Å²) >= 11 is 0. The van der Waals surface area contributed by atoms with Gasteiger partial charge in [-0.15, -0.1) is 0 Å². The molecule has 284 valence electrons. The highest BCUT2D eigenvalue weighted by Crippen LogP contribution is 2.39. The second kappa shape index (κ2) is 16.3. The Hall–Kier alpha value is -8.22. The number of rotatable bonds is 10. The molecule has 0 aliphatic rings. The van der Waals surface area contributed by atoms with Crippen molar-refractivity contribution in [3.63, 3.8) is 0 Å². The molecule has 6 nitrogen and oxygen atoms in total. The third-order valence-electron chi connectivity index (χ3n) is 10.6. The number of benzene rings is 7. The first kappa shape index (κ1) is 36.1. The molecule has 0 fully saturated rings. The van der Waals surface area contributed by atoms with Gasteiger partial charge >= 0.3 is 0 Å². The normalized spacial score (nSPS) is 11.0. The highest BCUT2D eigenvalue weighted by atomic mass is 15.2. The van der Waals surface area contributed by atoms with Crippen LogP contribution >= 0.6 is 0 Å². The predicted octanol–water partition coefficient (Wildman–Crippen LogP) is 14.0. The van der Waals surface area contributed by atoms with Gasteiger partial charge in [-0.2, -0.15) is 0 Å². The highest BCUT2D eigenvalue weighted by molar-refractivity contribution is 5.88. The van der Waals surface area contributed by atoms with Gasteiger partial charge in [-0.1, -0.05) is 133 Å². The first-order chi connectivity index (χ1) is 29.7. The molecule has 0 N–H and O–H groups in total. The summed E-state index contributed by atoms with van der Waals surface area (Å²) in [7, 11) is 0. The summed E-state index contributed by atoms with van der Waals surface area (Å²) in [6.07, 6.45) is 3.66. The Morgan fingerprint density at radius 2 is 0.550 bits per heavy atom. The van der Waals surface area contributed by atoms with E-state index in [1.54, 1.807) is 0 Å². The third kappa shape index (κ3) is 7.37. The van der Waals surface area contributed by atoms with Crippen LogP contribution in [0.25, 0.3) is 55.8 Å². The van der Waals surface area contributed by atoms with E-state index in [4.69, 9.17) is 19.9 Å². The Morgan fingerprint density at radius 1 is 0.250 bits per heavy atom. The topological polar surface area (TPSA) is 58.0 Å². The fourth-order valence-electron chi connectivity index (χ4n) is 7.61. The molecule has 6 heteroatoms. The fourth-order valence-corrected chi connectivity index (χ4v) is 7.61. The van der Waals surface area contributed by atoms with Crippen LogP contribution in [0.1, 0.15) is 0 Å². The summed E-state index contributed by atoms with van der Waals surface area (Å²) in [6.45, 7) is 0. The summed E-state index contributed by atoms with van der Waals surface area (Å²) in [4.78, 5) is 24.3. The minimum atomic E-state index is 0.808. The van der Waals surface area contributed by atoms with Gasteiger partial charge in [0.05, 0.1) is 22.4 Å². The quantitative estimate of drug-likeness (QED) is 0.138. The average Bonchev–Trinajstić information content (AvgIpc) is 3.33. The van der Waals surface area contributed by atoms with E-state index in [0.29, 0.717) is 0 Å². The Morgan fingerprint density at radius 3 is 0.883 bits per heavy atom. The maximum atomic E-state index is 5.23. The number of nitrogens with zero attached hydrogens (tertiary/aromatic N) is 6. The molecule has 7 aromatic carbocycles. The van der Waals surface area contributed by atoms with Crippen molar-refractivity contribution in [3.8, 4) is 44.8 Å². The van der Waals surface area contributed by atoms with Gasteiger partial charge in [0.15, 0.2) is 0 Å². The Kier molecular flexibility index (Phi) is 9.84. The minimum Gasteiger partial charge on any atom is -0.295 e. The second-order valence-corrected chi connectivity index (χ2v) is 14.4. The third-order valence-corrected chi connectivity index (χ3v) is 10.6. The van der Waals surface area contributed by atoms with Crippen molar-refractivity contribution < 1.29 is 0 Å². The zero-order valence-corrected chi connectivity index (χ0v) is 32.6. The lowest BCUT2D eigenvalue weighted by Crippen LogP contribution is -2.11. The van der Waals surface area contributed by atoms with Crippen molar-refractivity contribution in [3.05, 3.63) is 231 Å². The second-order valence-electron chi connectivity index (χ2n) is 14.4. The molecule has 3 heterocycles. The van der Waals surface area contributed by atoms with Crippen LogP contribution in [0.3, 0.4) is 0 Å². The number of anilines is 6. The molecule has 0 atom stereocenters. The van der Waals surface area contributed by atoms with E-state index in [1.165, 1.54) is 11.1 Å². The van der Waals surface area contributed by atoms with Crippen molar-refractivity contribution in [2.24, 2.45) is 0 Å². The molecule has 0 aliphatic carbocycles. The van der Waals surface area contributed by atoms with Crippen LogP contribution in [-0.2, 0) is 0 Å². The highest BCUT2D eigenvalue weighted by Gasteiger charge is 2.19. The molecule has 0 unspecified atom stereocenters. The van der Waals surface area contributed by atoms with E-state index < -0.39 is 0 Å². The van der Waals surface area contributed by atoms with Crippen LogP contribution in [0.5, 0.6) is 0 Å². The summed E-state index contributed by atoms with van der Waals surface area (Å²) in [5, 5.41) is 0. The molecule has 0 bridgehead atoms. The molecule has 0 radical (unpaired) electrons. The van der Waals surface area contributed by atoms with Crippen molar-refractivity contribution in [2.45, 2.75) is 0 Å². The molecule has 3 aromatic heterocycles. The smallest absolute Gasteiger partial charge is 0.137 e. The molecule has 10 rings (SSSR count). The maximum Gasteiger partial charge on any atom is 0.137 e. The van der Waals surface area contributed by atoms with Crippen LogP contribution in [0.4, 0.5) is 34.4 Å². The standard InChI is InChI=1S/C54H38N6/c1-3-13-39(14-4-1)41-21-29-45(30-22-41)59(51-19-9-11-37-55-51)47-33-25-43(26-34-47)53-54(58-50-18-8-7-17-49(50)57-53)44-27-35-48(36-28-44)60(52-20-10-12-38-56-52)46-31-23-42(24-32-46)40-15-5-2-6-16-40/h1-38H. The van der Waals surface area contributed by atoms with Crippen LogP contribution in [0.2, 0.25) is 0 Å². The van der Waals surface area contributed by atoms with E-state index in [-0.39, 0.29) is 0 Å². The van der Waals surface area contributed by atoms with E-state index in [2.05, 4.69) is 155 Å². The van der Waals surface area contributed by atoms with Gasteiger partial charge in [0.2, 0.25) is 0 Å². The van der Waals surface area contributed by atoms with E-state index in [9.17, 15) is 0 Å². The summed E-state index contributed by atoms with van der Waals surface area (Å²) in [5.41, 5.74) is 13.9. The lowest BCUT2D eigenvalue weighted by molar-refractivity contribution is 1.18. The molecule has 0 aliphatic heterocycles. The molecule has 0 amide bonds. The van der Waals surface area contributed by atoms with Gasteiger partial charge in [0.25, 0.3) is 0 Å². The summed E-state index contributed by atoms with van der Waals surface area (Å²) in [5.74, 6) is 1.66. The average molecular weight is 771 g/mol. The molecular weight excluding hydrogens is 733 g/mol. The number of aromatic nitrogens is 4. The van der Waals surface area contributed by atoms with Crippen LogP contribution < -0.4 is 9.80 Å². The largest absolute Gasteiger partial charge is 0.295 e. The van der Waals surface area contributed by atoms with Crippen LogP contribution in [-0.4, -0.2) is 19.9 Å². The monoisotopic (exact) mass is 770 g/mol. The summed E-state index contributed by atoms with van der Waals surface area (Å²) < 4.78 is 0. The molecular formula is C54H38N6. The van der Waals surface area contributed by atoms with Gasteiger partial charge in [-0.25, -0.2) is 19.9 Å². The molecule has 0 saturated carbocycles. The van der Waals surface area contributed by atoms with E-state index in [0.717, 1.165) is 79.1 Å². The number of para-hydroxylation sites is 2. The Labute approximate surface area is 349 Å². The lowest BCUT2D eigenvalue weighted by Gasteiger charge is -2.25. The van der Waals surface area contributed by atoms with Crippen LogP contribution in [0, 0.1) is 0 Å². The number of fused-ring (bicyclic) bond motifs is 1. The Balaban J connectivity index is 1.01. The molecule has 0 saturated heterocycles. The fraction of sp³-hybridized carbons (Fsp3) is 0. The SMILES string of the molecule is c1ccc(-c2ccc(N(c3ccc(-c4nc5ccccc5nc4-c4ccc(N(c5ccc(-c6ccccc6)cc5)c5ccccn5)cc4)cc3)c3ccccn3)cc2)cc1. The minimum absolute atomic E-state index is 0.808. The van der Waals surface area contributed by atoms with E-state index in [1.807, 2.05) is 85.2 Å². The first-order valence-electron chi connectivity index (χ1n) is 20.0. The Bertz CT molecular complexity index is 2770. The van der Waals surface area contributed by atoms with Crippen molar-refractivity contribution >= 4 is 45.4 Å². The molecule has 0 spiro atoms. The zero-order valence-electron chi connectivity index (χ0n) is 32.6. The molecule has 10 aromatic rings. The van der Waals surface area contributed by atoms with Gasteiger partial charge in [0, 0.05) is 46.3 Å².